The van der Waals surface area contributed by atoms with Crippen LogP contribution in [0, 0.1) is 23.1 Å². The number of hydrogen-bond acceptors (Lipinski definition) is 6. The number of halogens is 1. The minimum atomic E-state index is -0.552. The number of rotatable bonds is 4. The number of aromatic nitrogens is 3. The van der Waals surface area contributed by atoms with Gasteiger partial charge in [0.1, 0.15) is 5.82 Å². The first-order valence-corrected chi connectivity index (χ1v) is 10.5. The molecule has 1 aromatic carbocycles. The molecular weight excluding hydrogens is 411 g/mol. The molecule has 0 aliphatic carbocycles. The van der Waals surface area contributed by atoms with Crippen LogP contribution in [0.15, 0.2) is 36.5 Å². The molecular formula is C23H21FN6O2. The van der Waals surface area contributed by atoms with E-state index in [0.717, 1.165) is 25.2 Å². The predicted molar refractivity (Wildman–Crippen MR) is 115 cm³/mol. The molecule has 0 radical (unpaired) electrons. The van der Waals surface area contributed by atoms with E-state index in [9.17, 15) is 19.6 Å². The van der Waals surface area contributed by atoms with Crippen LogP contribution in [0.4, 0.5) is 10.2 Å². The number of piperidine rings is 1. The summed E-state index contributed by atoms with van der Waals surface area (Å²) in [7, 11) is 0. The van der Waals surface area contributed by atoms with Crippen LogP contribution < -0.4 is 10.2 Å². The first kappa shape index (κ1) is 20.2. The molecule has 1 unspecified atom stereocenters. The quantitative estimate of drug-likeness (QED) is 0.656. The van der Waals surface area contributed by atoms with Crippen molar-refractivity contribution in [2.45, 2.75) is 19.4 Å². The first-order chi connectivity index (χ1) is 15.6. The Hall–Kier alpha value is -3.77. The Morgan fingerprint density at radius 2 is 2.19 bits per heavy atom. The van der Waals surface area contributed by atoms with E-state index in [-0.39, 0.29) is 41.8 Å². The highest BCUT2D eigenvalue weighted by molar-refractivity contribution is 6.01. The van der Waals surface area contributed by atoms with Gasteiger partial charge in [-0.05, 0) is 37.0 Å². The van der Waals surface area contributed by atoms with Gasteiger partial charge in [-0.1, -0.05) is 6.07 Å². The second kappa shape index (κ2) is 8.05. The third-order valence-corrected chi connectivity index (χ3v) is 6.03. The molecule has 1 amide bonds. The Morgan fingerprint density at radius 1 is 1.31 bits per heavy atom. The second-order valence-corrected chi connectivity index (χ2v) is 8.06. The van der Waals surface area contributed by atoms with Gasteiger partial charge < -0.3 is 15.3 Å². The molecule has 4 heterocycles. The fourth-order valence-corrected chi connectivity index (χ4v) is 4.44. The highest BCUT2D eigenvalue weighted by atomic mass is 19.1. The van der Waals surface area contributed by atoms with Crippen molar-refractivity contribution in [1.82, 2.24) is 20.1 Å². The average molecular weight is 432 g/mol. The van der Waals surface area contributed by atoms with E-state index in [1.807, 2.05) is 12.1 Å². The first-order valence-electron chi connectivity index (χ1n) is 10.5. The molecule has 3 aromatic rings. The number of pyridine rings is 1. The Labute approximate surface area is 183 Å². The van der Waals surface area contributed by atoms with Crippen molar-refractivity contribution in [2.75, 3.05) is 24.6 Å². The summed E-state index contributed by atoms with van der Waals surface area (Å²) in [5, 5.41) is 26.4. The van der Waals surface area contributed by atoms with Gasteiger partial charge in [-0.2, -0.15) is 10.4 Å². The molecule has 0 bridgehead atoms. The van der Waals surface area contributed by atoms with Crippen molar-refractivity contribution in [3.63, 3.8) is 0 Å². The molecule has 1 saturated heterocycles. The largest absolute Gasteiger partial charge is 0.396 e. The Balaban J connectivity index is 1.61. The molecule has 9 heteroatoms. The number of hydrogen-bond donors (Lipinski definition) is 2. The number of benzene rings is 1. The van der Waals surface area contributed by atoms with E-state index in [1.165, 1.54) is 18.2 Å². The standard InChI is InChI=1S/C23H21FN6O2/c24-16-5-1-4-15(10-25)21(16)17-9-19(22-18(27-17)11-26-23(22)32)30-8-6-20(28-30)29-7-2-3-14(12-29)13-31/h1,4-6,8-9,14,31H,2-3,7,11-13H2,(H,26,32). The lowest BCUT2D eigenvalue weighted by atomic mass is 9.99. The van der Waals surface area contributed by atoms with Crippen molar-refractivity contribution in [3.8, 4) is 23.0 Å². The highest BCUT2D eigenvalue weighted by Gasteiger charge is 2.28. The summed E-state index contributed by atoms with van der Waals surface area (Å²) in [6.07, 6.45) is 3.72. The maximum Gasteiger partial charge on any atom is 0.255 e. The van der Waals surface area contributed by atoms with E-state index in [0.29, 0.717) is 23.5 Å². The molecule has 8 nitrogen and oxygen atoms in total. The van der Waals surface area contributed by atoms with Crippen LogP contribution >= 0.6 is 0 Å². The van der Waals surface area contributed by atoms with Crippen molar-refractivity contribution in [2.24, 2.45) is 5.92 Å². The molecule has 32 heavy (non-hydrogen) atoms. The van der Waals surface area contributed by atoms with Crippen LogP contribution in [0.2, 0.25) is 0 Å². The molecule has 5 rings (SSSR count). The Morgan fingerprint density at radius 3 is 3.00 bits per heavy atom. The van der Waals surface area contributed by atoms with Gasteiger partial charge in [-0.25, -0.2) is 14.1 Å². The summed E-state index contributed by atoms with van der Waals surface area (Å²) in [6, 6.07) is 9.79. The van der Waals surface area contributed by atoms with Crippen LogP contribution in [-0.4, -0.2) is 45.5 Å². The monoisotopic (exact) mass is 432 g/mol. The fraction of sp³-hybridized carbons (Fsp3) is 0.304. The Bertz CT molecular complexity index is 1250. The third-order valence-electron chi connectivity index (χ3n) is 6.03. The highest BCUT2D eigenvalue weighted by Crippen LogP contribution is 2.32. The summed E-state index contributed by atoms with van der Waals surface area (Å²) in [5.74, 6) is 0.141. The summed E-state index contributed by atoms with van der Waals surface area (Å²) in [5.41, 5.74) is 1.92. The molecule has 2 aliphatic rings. The van der Waals surface area contributed by atoms with Gasteiger partial charge in [-0.15, -0.1) is 0 Å². The van der Waals surface area contributed by atoms with Crippen LogP contribution in [0.3, 0.4) is 0 Å². The predicted octanol–water partition coefficient (Wildman–Crippen LogP) is 2.40. The second-order valence-electron chi connectivity index (χ2n) is 8.06. The van der Waals surface area contributed by atoms with Gasteiger partial charge in [0.05, 0.1) is 46.4 Å². The SMILES string of the molecule is N#Cc1cccc(F)c1-c1cc(-n2ccc(N3CCCC(CO)C3)n2)c2c(n1)CNC2=O. The summed E-state index contributed by atoms with van der Waals surface area (Å²) >= 11 is 0. The van der Waals surface area contributed by atoms with Gasteiger partial charge in [-0.3, -0.25) is 4.79 Å². The number of aliphatic hydroxyl groups is 1. The zero-order chi connectivity index (χ0) is 22.2. The number of anilines is 1. The molecule has 2 N–H and O–H groups in total. The smallest absolute Gasteiger partial charge is 0.255 e. The number of carbonyl (C=O) groups is 1. The number of amides is 1. The zero-order valence-corrected chi connectivity index (χ0v) is 17.3. The van der Waals surface area contributed by atoms with Crippen LogP contribution in [0.5, 0.6) is 0 Å². The van der Waals surface area contributed by atoms with Crippen LogP contribution in [0.1, 0.15) is 34.5 Å². The van der Waals surface area contributed by atoms with E-state index in [4.69, 9.17) is 0 Å². The van der Waals surface area contributed by atoms with Crippen LogP contribution in [0.25, 0.3) is 16.9 Å². The fourth-order valence-electron chi connectivity index (χ4n) is 4.44. The molecule has 2 aliphatic heterocycles. The van der Waals surface area contributed by atoms with E-state index < -0.39 is 5.82 Å². The van der Waals surface area contributed by atoms with E-state index >= 15 is 0 Å². The third kappa shape index (κ3) is 3.39. The summed E-state index contributed by atoms with van der Waals surface area (Å²) in [6.45, 7) is 1.93. The van der Waals surface area contributed by atoms with Crippen molar-refractivity contribution < 1.29 is 14.3 Å². The molecule has 0 saturated carbocycles. The molecule has 1 fully saturated rings. The van der Waals surface area contributed by atoms with Crippen molar-refractivity contribution in [1.29, 1.82) is 5.26 Å². The maximum absolute atomic E-state index is 14.7. The summed E-state index contributed by atoms with van der Waals surface area (Å²) in [4.78, 5) is 19.1. The zero-order valence-electron chi connectivity index (χ0n) is 17.3. The Kier molecular flexibility index (Phi) is 5.07. The molecule has 1 atom stereocenters. The van der Waals surface area contributed by atoms with Crippen LogP contribution in [-0.2, 0) is 6.54 Å². The van der Waals surface area contributed by atoms with E-state index in [2.05, 4.69) is 20.3 Å². The molecule has 2 aromatic heterocycles. The van der Waals surface area contributed by atoms with E-state index in [1.54, 1.807) is 16.9 Å². The molecule has 0 spiro atoms. The minimum Gasteiger partial charge on any atom is -0.396 e. The topological polar surface area (TPSA) is 107 Å². The minimum absolute atomic E-state index is 0.104. The number of aliphatic hydroxyl groups excluding tert-OH is 1. The lowest BCUT2D eigenvalue weighted by Crippen LogP contribution is -2.37. The normalized spacial score (nSPS) is 17.7. The number of nitrogens with zero attached hydrogens (tertiary/aromatic N) is 5. The van der Waals surface area contributed by atoms with Gasteiger partial charge in [0.25, 0.3) is 5.91 Å². The average Bonchev–Trinajstić information content (AvgIpc) is 3.46. The summed E-state index contributed by atoms with van der Waals surface area (Å²) < 4.78 is 16.3. The van der Waals surface area contributed by atoms with Crippen molar-refractivity contribution >= 4 is 11.7 Å². The van der Waals surface area contributed by atoms with Gasteiger partial charge in [0.2, 0.25) is 0 Å². The van der Waals surface area contributed by atoms with Gasteiger partial charge >= 0.3 is 0 Å². The number of nitriles is 1. The van der Waals surface area contributed by atoms with Crippen molar-refractivity contribution in [3.05, 3.63) is 59.2 Å². The lowest BCUT2D eigenvalue weighted by molar-refractivity contribution is 0.0965. The lowest BCUT2D eigenvalue weighted by Gasteiger charge is -2.31. The number of nitrogens with one attached hydrogen (secondary N) is 1. The molecule has 162 valence electrons. The number of carbonyl (C=O) groups excluding carboxylic acids is 1. The maximum atomic E-state index is 14.7. The van der Waals surface area contributed by atoms with Gasteiger partial charge in [0.15, 0.2) is 5.82 Å². The number of fused-ring (bicyclic) bond motifs is 1. The van der Waals surface area contributed by atoms with Gasteiger partial charge in [0, 0.05) is 32.0 Å².